The van der Waals surface area contributed by atoms with Crippen LogP contribution >= 0.6 is 11.8 Å². The van der Waals surface area contributed by atoms with E-state index in [1.165, 1.54) is 0 Å². The van der Waals surface area contributed by atoms with Crippen molar-refractivity contribution in [2.45, 2.75) is 24.1 Å². The summed E-state index contributed by atoms with van der Waals surface area (Å²) < 4.78 is 5.13. The van der Waals surface area contributed by atoms with Crippen molar-refractivity contribution in [3.05, 3.63) is 11.4 Å². The van der Waals surface area contributed by atoms with Crippen LogP contribution in [0.3, 0.4) is 0 Å². The van der Waals surface area contributed by atoms with Crippen LogP contribution in [0.5, 0.6) is 0 Å². The van der Waals surface area contributed by atoms with E-state index in [0.29, 0.717) is 11.1 Å². The van der Waals surface area contributed by atoms with Gasteiger partial charge in [-0.2, -0.15) is 0 Å². The van der Waals surface area contributed by atoms with Crippen molar-refractivity contribution >= 4 is 17.6 Å². The number of aryl methyl sites for hydroxylation is 1. The second-order valence-corrected chi connectivity index (χ2v) is 4.76. The van der Waals surface area contributed by atoms with E-state index in [0.717, 1.165) is 29.6 Å². The number of hydrazine groups is 1. The maximum atomic E-state index is 5.39. The summed E-state index contributed by atoms with van der Waals surface area (Å²) in [5.74, 6) is 6.82. The molecule has 2 heterocycles. The minimum Gasteiger partial charge on any atom is -0.379 e. The molecule has 0 spiro atoms. The molecule has 0 atom stereocenters. The first-order valence-electron chi connectivity index (χ1n) is 4.77. The second-order valence-electron chi connectivity index (χ2n) is 3.47. The van der Waals surface area contributed by atoms with Gasteiger partial charge in [-0.1, -0.05) is 11.8 Å². The normalized spacial score (nSPS) is 16.2. The van der Waals surface area contributed by atoms with Gasteiger partial charge in [0.05, 0.1) is 18.5 Å². The van der Waals surface area contributed by atoms with Crippen molar-refractivity contribution in [3.8, 4) is 0 Å². The van der Waals surface area contributed by atoms with Gasteiger partial charge in [0.2, 0.25) is 0 Å². The fraction of sp³-hybridized carbons (Fsp3) is 0.556. The quantitative estimate of drug-likeness (QED) is 0.452. The number of nitrogens with two attached hydrogens (primary N) is 1. The topological polar surface area (TPSA) is 73.1 Å². The summed E-state index contributed by atoms with van der Waals surface area (Å²) in [6.45, 7) is 5.44. The first-order chi connectivity index (χ1) is 7.20. The van der Waals surface area contributed by atoms with E-state index in [-0.39, 0.29) is 0 Å². The molecule has 6 heteroatoms. The number of rotatable bonds is 3. The Bertz CT molecular complexity index is 367. The number of ether oxygens (including phenoxy) is 1. The van der Waals surface area contributed by atoms with E-state index in [4.69, 9.17) is 10.6 Å². The molecule has 15 heavy (non-hydrogen) atoms. The fourth-order valence-corrected chi connectivity index (χ4v) is 2.40. The van der Waals surface area contributed by atoms with Crippen LogP contribution in [0.25, 0.3) is 0 Å². The Morgan fingerprint density at radius 1 is 1.40 bits per heavy atom. The highest BCUT2D eigenvalue weighted by atomic mass is 32.2. The molecular weight excluding hydrogens is 212 g/mol. The van der Waals surface area contributed by atoms with E-state index in [2.05, 4.69) is 15.4 Å². The summed E-state index contributed by atoms with van der Waals surface area (Å²) in [5, 5.41) is 1.51. The number of thioether (sulfide) groups is 1. The van der Waals surface area contributed by atoms with Crippen LogP contribution in [0.15, 0.2) is 5.03 Å². The van der Waals surface area contributed by atoms with Gasteiger partial charge in [-0.15, -0.1) is 0 Å². The highest BCUT2D eigenvalue weighted by Crippen LogP contribution is 2.30. The van der Waals surface area contributed by atoms with Crippen LogP contribution in [0, 0.1) is 13.8 Å². The summed E-state index contributed by atoms with van der Waals surface area (Å²) in [6, 6.07) is 0. The number of hydrogen-bond acceptors (Lipinski definition) is 6. The first kappa shape index (κ1) is 10.7. The number of aromatic nitrogens is 2. The van der Waals surface area contributed by atoms with Crippen LogP contribution in [0.1, 0.15) is 11.4 Å². The number of anilines is 1. The third-order valence-corrected chi connectivity index (χ3v) is 3.46. The van der Waals surface area contributed by atoms with Gasteiger partial charge in [0.15, 0.2) is 0 Å². The molecule has 1 aromatic heterocycles. The molecule has 1 fully saturated rings. The summed E-state index contributed by atoms with van der Waals surface area (Å²) in [7, 11) is 0. The molecule has 1 aromatic rings. The Balaban J connectivity index is 2.24. The van der Waals surface area contributed by atoms with E-state index >= 15 is 0 Å². The number of nitrogens with zero attached hydrogens (tertiary/aromatic N) is 2. The molecule has 1 aliphatic rings. The Hall–Kier alpha value is -0.850. The predicted molar refractivity (Wildman–Crippen MR) is 59.8 cm³/mol. The zero-order valence-corrected chi connectivity index (χ0v) is 9.60. The lowest BCUT2D eigenvalue weighted by Crippen LogP contribution is -2.30. The van der Waals surface area contributed by atoms with Crippen LogP contribution in [-0.4, -0.2) is 28.4 Å². The number of nitrogen functional groups attached to an aromatic ring is 1. The number of nitrogens with one attached hydrogen (secondary N) is 1. The van der Waals surface area contributed by atoms with Crippen LogP contribution < -0.4 is 11.3 Å². The van der Waals surface area contributed by atoms with Crippen molar-refractivity contribution < 1.29 is 4.74 Å². The summed E-state index contributed by atoms with van der Waals surface area (Å²) in [6.07, 6.45) is 0. The molecule has 5 nitrogen and oxygen atoms in total. The largest absolute Gasteiger partial charge is 0.379 e. The van der Waals surface area contributed by atoms with Crippen molar-refractivity contribution in [2.75, 3.05) is 18.6 Å². The smallest absolute Gasteiger partial charge is 0.147 e. The third kappa shape index (κ3) is 2.22. The SMILES string of the molecule is Cc1nc(NN)c(C)c(SC2COC2)n1. The maximum Gasteiger partial charge on any atom is 0.147 e. The van der Waals surface area contributed by atoms with Gasteiger partial charge in [0.1, 0.15) is 16.7 Å². The van der Waals surface area contributed by atoms with E-state index < -0.39 is 0 Å². The fourth-order valence-electron chi connectivity index (χ4n) is 1.30. The monoisotopic (exact) mass is 226 g/mol. The standard InChI is InChI=1S/C9H14N4OS/c1-5-8(13-10)11-6(2)12-9(5)15-7-3-14-4-7/h7H,3-4,10H2,1-2H3,(H,11,12,13). The lowest BCUT2D eigenvalue weighted by atomic mass is 10.3. The average molecular weight is 226 g/mol. The van der Waals surface area contributed by atoms with Gasteiger partial charge in [-0.05, 0) is 13.8 Å². The molecule has 0 amide bonds. The van der Waals surface area contributed by atoms with Gasteiger partial charge in [-0.25, -0.2) is 15.8 Å². The molecule has 3 N–H and O–H groups in total. The van der Waals surface area contributed by atoms with Crippen molar-refractivity contribution in [1.82, 2.24) is 9.97 Å². The highest BCUT2D eigenvalue weighted by molar-refractivity contribution is 8.00. The van der Waals surface area contributed by atoms with Gasteiger partial charge in [0.25, 0.3) is 0 Å². The predicted octanol–water partition coefficient (Wildman–Crippen LogP) is 0.870. The summed E-state index contributed by atoms with van der Waals surface area (Å²) in [5.41, 5.74) is 3.59. The van der Waals surface area contributed by atoms with Gasteiger partial charge in [0, 0.05) is 5.56 Å². The Kier molecular flexibility index (Phi) is 3.08. The van der Waals surface area contributed by atoms with Gasteiger partial charge >= 0.3 is 0 Å². The third-order valence-electron chi connectivity index (χ3n) is 2.24. The minimum atomic E-state index is 0.517. The Morgan fingerprint density at radius 3 is 2.67 bits per heavy atom. The molecule has 0 aliphatic carbocycles. The van der Waals surface area contributed by atoms with Crippen molar-refractivity contribution in [1.29, 1.82) is 0 Å². The Morgan fingerprint density at radius 2 is 2.13 bits per heavy atom. The zero-order chi connectivity index (χ0) is 10.8. The van der Waals surface area contributed by atoms with Gasteiger partial charge < -0.3 is 10.2 Å². The number of hydrogen-bond donors (Lipinski definition) is 2. The van der Waals surface area contributed by atoms with Crippen LogP contribution in [-0.2, 0) is 4.74 Å². The molecule has 0 aromatic carbocycles. The van der Waals surface area contributed by atoms with E-state index in [1.54, 1.807) is 11.8 Å². The molecule has 2 rings (SSSR count). The molecule has 0 saturated carbocycles. The zero-order valence-electron chi connectivity index (χ0n) is 8.78. The lowest BCUT2D eigenvalue weighted by Gasteiger charge is -2.25. The van der Waals surface area contributed by atoms with Crippen LogP contribution in [0.4, 0.5) is 5.82 Å². The van der Waals surface area contributed by atoms with Crippen molar-refractivity contribution in [2.24, 2.45) is 5.84 Å². The maximum absolute atomic E-state index is 5.39. The molecule has 0 radical (unpaired) electrons. The van der Waals surface area contributed by atoms with Crippen LogP contribution in [0.2, 0.25) is 0 Å². The van der Waals surface area contributed by atoms with Crippen molar-refractivity contribution in [3.63, 3.8) is 0 Å². The summed E-state index contributed by atoms with van der Waals surface area (Å²) >= 11 is 1.73. The van der Waals surface area contributed by atoms with Gasteiger partial charge in [-0.3, -0.25) is 0 Å². The van der Waals surface area contributed by atoms with E-state index in [1.807, 2.05) is 13.8 Å². The molecular formula is C9H14N4OS. The second kappa shape index (κ2) is 4.34. The molecule has 82 valence electrons. The Labute approximate surface area is 92.8 Å². The molecule has 1 aliphatic heterocycles. The minimum absolute atomic E-state index is 0.517. The highest BCUT2D eigenvalue weighted by Gasteiger charge is 2.22. The molecule has 0 unspecified atom stereocenters. The first-order valence-corrected chi connectivity index (χ1v) is 5.65. The van der Waals surface area contributed by atoms with E-state index in [9.17, 15) is 0 Å². The molecule has 0 bridgehead atoms. The summed E-state index contributed by atoms with van der Waals surface area (Å²) in [4.78, 5) is 8.62. The average Bonchev–Trinajstić information content (AvgIpc) is 2.16. The lowest BCUT2D eigenvalue weighted by molar-refractivity contribution is 0.0454. The molecule has 1 saturated heterocycles.